The Bertz CT molecular complexity index is 912. The zero-order chi connectivity index (χ0) is 17.9. The van der Waals surface area contributed by atoms with Gasteiger partial charge >= 0.3 is 0 Å². The van der Waals surface area contributed by atoms with Crippen molar-refractivity contribution in [2.24, 2.45) is 0 Å². The molecule has 1 N–H and O–H groups in total. The molecule has 1 aliphatic heterocycles. The summed E-state index contributed by atoms with van der Waals surface area (Å²) in [5, 5.41) is 3.48. The van der Waals surface area contributed by atoms with Gasteiger partial charge in [-0.05, 0) is 42.0 Å². The van der Waals surface area contributed by atoms with E-state index in [1.165, 1.54) is 0 Å². The van der Waals surface area contributed by atoms with Gasteiger partial charge in [-0.25, -0.2) is 0 Å². The summed E-state index contributed by atoms with van der Waals surface area (Å²) < 4.78 is 24.3. The lowest BCUT2D eigenvalue weighted by atomic mass is 10.1. The zero-order valence-electron chi connectivity index (χ0n) is 14.3. The van der Waals surface area contributed by atoms with E-state index in [4.69, 9.17) is 9.47 Å². The molecule has 0 bridgehead atoms. The van der Waals surface area contributed by atoms with Crippen LogP contribution in [0.5, 0.6) is 11.5 Å². The lowest BCUT2D eigenvalue weighted by Crippen LogP contribution is -2.31. The third-order valence-corrected chi connectivity index (χ3v) is 5.92. The zero-order valence-corrected chi connectivity index (χ0v) is 15.1. The molecular weight excluding hydrogens is 346 g/mol. The Labute approximate surface area is 155 Å². The fourth-order valence-electron chi connectivity index (χ4n) is 3.04. The van der Waals surface area contributed by atoms with E-state index in [-0.39, 0.29) is 6.04 Å². The predicted octanol–water partition coefficient (Wildman–Crippen LogP) is 4.37. The van der Waals surface area contributed by atoms with Gasteiger partial charge in [0.2, 0.25) is 5.44 Å². The lowest BCUT2D eigenvalue weighted by molar-refractivity contribution is 0.267. The van der Waals surface area contributed by atoms with E-state index in [2.05, 4.69) is 5.32 Å². The molecular formula is C21H19NO3S. The van der Waals surface area contributed by atoms with Crippen molar-refractivity contribution >= 4 is 16.5 Å². The molecule has 0 spiro atoms. The number of ether oxygens (including phenoxy) is 2. The van der Waals surface area contributed by atoms with Crippen molar-refractivity contribution in [1.29, 1.82) is 0 Å². The van der Waals surface area contributed by atoms with Gasteiger partial charge in [-0.1, -0.05) is 42.5 Å². The van der Waals surface area contributed by atoms with E-state index in [0.717, 1.165) is 21.9 Å². The highest BCUT2D eigenvalue weighted by molar-refractivity contribution is 7.86. The number of rotatable bonds is 5. The number of benzene rings is 3. The van der Waals surface area contributed by atoms with Crippen molar-refractivity contribution in [2.75, 3.05) is 12.4 Å². The Morgan fingerprint density at radius 1 is 0.962 bits per heavy atom. The van der Waals surface area contributed by atoms with E-state index in [9.17, 15) is 4.21 Å². The van der Waals surface area contributed by atoms with Gasteiger partial charge in [0, 0.05) is 5.69 Å². The highest BCUT2D eigenvalue weighted by Gasteiger charge is 2.38. The molecule has 0 fully saturated rings. The Kier molecular flexibility index (Phi) is 4.63. The quantitative estimate of drug-likeness (QED) is 0.729. The smallest absolute Gasteiger partial charge is 0.201 e. The van der Waals surface area contributed by atoms with E-state index in [0.29, 0.717) is 5.75 Å². The average molecular weight is 365 g/mol. The average Bonchev–Trinajstić information content (AvgIpc) is 3.04. The molecule has 1 unspecified atom stereocenters. The van der Waals surface area contributed by atoms with Gasteiger partial charge in [0.05, 0.1) is 12.0 Å². The van der Waals surface area contributed by atoms with Crippen LogP contribution in [0.3, 0.4) is 0 Å². The van der Waals surface area contributed by atoms with Crippen LogP contribution in [0.15, 0.2) is 83.8 Å². The Hall–Kier alpha value is -2.79. The van der Waals surface area contributed by atoms with Gasteiger partial charge in [-0.2, -0.15) is 0 Å². The van der Waals surface area contributed by atoms with Crippen molar-refractivity contribution in [1.82, 2.24) is 0 Å². The van der Waals surface area contributed by atoms with Gasteiger partial charge in [-0.3, -0.25) is 4.21 Å². The molecule has 5 heteroatoms. The van der Waals surface area contributed by atoms with Crippen LogP contribution < -0.4 is 14.8 Å². The predicted molar refractivity (Wildman–Crippen MR) is 103 cm³/mol. The molecule has 0 saturated carbocycles. The first-order valence-electron chi connectivity index (χ1n) is 8.38. The highest BCUT2D eigenvalue weighted by atomic mass is 32.2. The van der Waals surface area contributed by atoms with E-state index < -0.39 is 16.2 Å². The van der Waals surface area contributed by atoms with Crippen molar-refractivity contribution in [3.05, 3.63) is 84.4 Å². The van der Waals surface area contributed by atoms with E-state index in [1.54, 1.807) is 7.11 Å². The van der Waals surface area contributed by atoms with Crippen LogP contribution >= 0.6 is 0 Å². The summed E-state index contributed by atoms with van der Waals surface area (Å²) in [6.07, 6.45) is 0. The fraction of sp³-hybridized carbons (Fsp3) is 0.143. The minimum absolute atomic E-state index is 0.252. The van der Waals surface area contributed by atoms with E-state index >= 15 is 0 Å². The third kappa shape index (κ3) is 3.18. The molecule has 4 nitrogen and oxygen atoms in total. The highest BCUT2D eigenvalue weighted by Crippen LogP contribution is 2.39. The summed E-state index contributed by atoms with van der Waals surface area (Å²) in [6.45, 7) is 0. The molecule has 0 saturated heterocycles. The summed E-state index contributed by atoms with van der Waals surface area (Å²) in [7, 11) is 0.386. The molecule has 0 aromatic heterocycles. The normalized spacial score (nSPS) is 19.3. The molecule has 0 amide bonds. The summed E-state index contributed by atoms with van der Waals surface area (Å²) in [5.41, 5.74) is 1.43. The number of para-hydroxylation sites is 1. The number of hydrogen-bond acceptors (Lipinski definition) is 4. The number of anilines is 1. The molecule has 3 atom stereocenters. The summed E-state index contributed by atoms with van der Waals surface area (Å²) in [4.78, 5) is 0.745. The summed E-state index contributed by atoms with van der Waals surface area (Å²) >= 11 is 0. The number of fused-ring (bicyclic) bond motifs is 1. The fourth-order valence-corrected chi connectivity index (χ4v) is 4.48. The van der Waals surface area contributed by atoms with Gasteiger partial charge < -0.3 is 14.8 Å². The lowest BCUT2D eigenvalue weighted by Gasteiger charge is -2.25. The second kappa shape index (κ2) is 7.22. The second-order valence-corrected chi connectivity index (χ2v) is 7.49. The van der Waals surface area contributed by atoms with Gasteiger partial charge in [0.1, 0.15) is 28.3 Å². The molecule has 1 heterocycles. The minimum atomic E-state index is -1.26. The second-order valence-electron chi connectivity index (χ2n) is 5.99. The topological polar surface area (TPSA) is 47.6 Å². The maximum absolute atomic E-state index is 13.0. The molecule has 26 heavy (non-hydrogen) atoms. The number of hydrogen-bond donors (Lipinski definition) is 1. The summed E-state index contributed by atoms with van der Waals surface area (Å²) in [5.74, 6) is 1.48. The monoisotopic (exact) mass is 365 g/mol. The van der Waals surface area contributed by atoms with Crippen molar-refractivity contribution in [2.45, 2.75) is 16.4 Å². The first-order valence-corrected chi connectivity index (χ1v) is 9.59. The number of nitrogens with one attached hydrogen (secondary N) is 1. The van der Waals surface area contributed by atoms with Gasteiger partial charge in [-0.15, -0.1) is 0 Å². The molecule has 0 radical (unpaired) electrons. The number of methoxy groups -OCH3 is 1. The van der Waals surface area contributed by atoms with E-state index in [1.807, 2.05) is 78.9 Å². The molecule has 4 rings (SSSR count). The van der Waals surface area contributed by atoms with Crippen molar-refractivity contribution < 1.29 is 13.7 Å². The molecule has 3 aromatic carbocycles. The standard InChI is InChI=1S/C21H19NO3S/c1-24-17-13-11-16(12-14-17)22-20(15-7-3-2-4-8-15)21-25-18-9-5-6-10-19(18)26(21)23/h2-14,20-22H,1H3/t20-,21+,26?/m0/s1. The van der Waals surface area contributed by atoms with Gasteiger partial charge in [0.15, 0.2) is 0 Å². The first-order chi connectivity index (χ1) is 12.8. The van der Waals surface area contributed by atoms with Crippen molar-refractivity contribution in [3.8, 4) is 11.5 Å². The van der Waals surface area contributed by atoms with Crippen LogP contribution in [0, 0.1) is 0 Å². The van der Waals surface area contributed by atoms with Crippen LogP contribution in [-0.4, -0.2) is 16.8 Å². The van der Waals surface area contributed by atoms with Crippen LogP contribution in [0.1, 0.15) is 11.6 Å². The molecule has 1 aliphatic rings. The summed E-state index contributed by atoms with van der Waals surface area (Å²) in [6, 6.07) is 24.9. The maximum Gasteiger partial charge on any atom is 0.201 e. The van der Waals surface area contributed by atoms with Crippen LogP contribution in [-0.2, 0) is 10.8 Å². The first kappa shape index (κ1) is 16.7. The van der Waals surface area contributed by atoms with Gasteiger partial charge in [0.25, 0.3) is 0 Å². The Morgan fingerprint density at radius 3 is 2.35 bits per heavy atom. The molecule has 3 aromatic rings. The molecule has 132 valence electrons. The minimum Gasteiger partial charge on any atom is -0.497 e. The Morgan fingerprint density at radius 2 is 1.65 bits per heavy atom. The molecule has 0 aliphatic carbocycles. The van der Waals surface area contributed by atoms with Crippen LogP contribution in [0.4, 0.5) is 5.69 Å². The Balaban J connectivity index is 1.67. The van der Waals surface area contributed by atoms with Crippen molar-refractivity contribution in [3.63, 3.8) is 0 Å². The largest absolute Gasteiger partial charge is 0.497 e. The van der Waals surface area contributed by atoms with Crippen LogP contribution in [0.2, 0.25) is 0 Å². The SMILES string of the molecule is COc1ccc(N[C@@H](c2ccccc2)[C@@H]2Oc3ccccc3S2=O)cc1. The van der Waals surface area contributed by atoms with Crippen LogP contribution in [0.25, 0.3) is 0 Å². The third-order valence-electron chi connectivity index (χ3n) is 4.36. The maximum atomic E-state index is 13.0.